The Morgan fingerprint density at radius 1 is 0.846 bits per heavy atom. The molecule has 0 atom stereocenters. The molecule has 0 N–H and O–H groups in total. The fourth-order valence-electron chi connectivity index (χ4n) is 3.32. The second-order valence-corrected chi connectivity index (χ2v) is 8.21. The maximum atomic E-state index is 11.3. The van der Waals surface area contributed by atoms with Crippen molar-refractivity contribution >= 4 is 20.9 Å². The first kappa shape index (κ1) is 24.3. The van der Waals surface area contributed by atoms with Gasteiger partial charge in [-0.05, 0) is 41.3 Å². The molecule has 2 aromatic carbocycles. The quantitative estimate of drug-likeness (QED) is 0.331. The van der Waals surface area contributed by atoms with Gasteiger partial charge in [0.2, 0.25) is 0 Å². The Hall–Kier alpha value is 0.246. The third-order valence-corrected chi connectivity index (χ3v) is 5.61. The van der Waals surface area contributed by atoms with Crippen LogP contribution in [0.3, 0.4) is 0 Å². The summed E-state index contributed by atoms with van der Waals surface area (Å²) in [5, 5.41) is 1.87. The number of hydrogen-bond donors (Lipinski definition) is 0. The van der Waals surface area contributed by atoms with Gasteiger partial charge in [0.1, 0.15) is 10.1 Å². The van der Waals surface area contributed by atoms with E-state index in [-0.39, 0.29) is 56.3 Å². The van der Waals surface area contributed by atoms with Gasteiger partial charge in [-0.1, -0.05) is 82.6 Å². The minimum atomic E-state index is -4.40. The van der Waals surface area contributed by atoms with Crippen molar-refractivity contribution in [2.45, 2.75) is 76.0 Å². The van der Waals surface area contributed by atoms with Gasteiger partial charge in [-0.3, -0.25) is 0 Å². The zero-order valence-corrected chi connectivity index (χ0v) is 20.1. The van der Waals surface area contributed by atoms with Crippen LogP contribution >= 0.6 is 0 Å². The summed E-state index contributed by atoms with van der Waals surface area (Å²) in [4.78, 5) is -0.139. The molecule has 0 heterocycles. The van der Waals surface area contributed by atoms with Gasteiger partial charge in [0, 0.05) is 0 Å². The van der Waals surface area contributed by atoms with Crippen molar-refractivity contribution in [3.8, 4) is 0 Å². The Kier molecular flexibility index (Phi) is 11.8. The summed E-state index contributed by atoms with van der Waals surface area (Å²) in [6.45, 7) is 2.24. The number of benzene rings is 2. The molecule has 138 valence electrons. The molecular weight excluding hydrogens is 371 g/mol. The molecule has 5 heteroatoms. The van der Waals surface area contributed by atoms with Gasteiger partial charge >= 0.3 is 51.4 Å². The number of hydrogen-bond acceptors (Lipinski definition) is 3. The number of aryl methyl sites for hydroxylation is 1. The smallest absolute Gasteiger partial charge is 0.744 e. The topological polar surface area (TPSA) is 57.2 Å². The Labute approximate surface area is 201 Å². The second-order valence-electron chi connectivity index (χ2n) is 6.83. The van der Waals surface area contributed by atoms with Gasteiger partial charge in [-0.15, -0.1) is 0 Å². The molecule has 0 saturated carbocycles. The molecule has 0 radical (unpaired) electrons. The first-order valence-electron chi connectivity index (χ1n) is 9.50. The van der Waals surface area contributed by atoms with Crippen LogP contribution in [0, 0.1) is 0 Å². The molecule has 0 aliphatic rings. The maximum Gasteiger partial charge on any atom is 1.00 e. The molecule has 3 nitrogen and oxygen atoms in total. The molecular formula is C21H29KO3S. The van der Waals surface area contributed by atoms with Gasteiger partial charge in [0.05, 0.1) is 4.90 Å². The van der Waals surface area contributed by atoms with Crippen LogP contribution < -0.4 is 51.4 Å². The molecule has 2 rings (SSSR count). The van der Waals surface area contributed by atoms with E-state index in [1.807, 2.05) is 18.2 Å². The largest absolute Gasteiger partial charge is 1.00 e. The first-order valence-corrected chi connectivity index (χ1v) is 10.9. The summed E-state index contributed by atoms with van der Waals surface area (Å²) in [5.41, 5.74) is 1.13. The van der Waals surface area contributed by atoms with E-state index in [1.165, 1.54) is 63.5 Å². The third-order valence-electron chi connectivity index (χ3n) is 4.78. The van der Waals surface area contributed by atoms with E-state index < -0.39 is 10.1 Å². The summed E-state index contributed by atoms with van der Waals surface area (Å²) >= 11 is 0. The average molecular weight is 401 g/mol. The van der Waals surface area contributed by atoms with E-state index in [9.17, 15) is 13.0 Å². The third kappa shape index (κ3) is 8.09. The Balaban J connectivity index is 0.00000338. The fourth-order valence-corrected chi connectivity index (χ4v) is 3.81. The van der Waals surface area contributed by atoms with E-state index in [0.717, 1.165) is 29.2 Å². The molecule has 0 aromatic heterocycles. The van der Waals surface area contributed by atoms with E-state index in [2.05, 4.69) is 6.92 Å². The monoisotopic (exact) mass is 400 g/mol. The van der Waals surface area contributed by atoms with E-state index in [0.29, 0.717) is 0 Å². The van der Waals surface area contributed by atoms with Crippen LogP contribution in [0.15, 0.2) is 41.3 Å². The molecule has 0 spiro atoms. The van der Waals surface area contributed by atoms with Crippen molar-refractivity contribution in [3.05, 3.63) is 42.0 Å². The van der Waals surface area contributed by atoms with Gasteiger partial charge < -0.3 is 4.55 Å². The van der Waals surface area contributed by atoms with E-state index in [4.69, 9.17) is 0 Å². The van der Waals surface area contributed by atoms with Crippen LogP contribution in [-0.4, -0.2) is 13.0 Å². The van der Waals surface area contributed by atoms with Gasteiger partial charge in [0.25, 0.3) is 0 Å². The molecule has 0 aliphatic heterocycles. The SMILES string of the molecule is CCCCCCCCCCCc1cccc2ccc(S(=O)(=O)[O-])cc12.[K+]. The standard InChI is InChI=1S/C21H30O3S.K/c1-2-3-4-5-6-7-8-9-10-12-18-13-11-14-19-15-16-20(17-21(18)19)25(22,23)24;/h11,13-17H,2-10,12H2,1H3,(H,22,23,24);/q;+1/p-1. The van der Waals surface area contributed by atoms with Crippen LogP contribution in [0.5, 0.6) is 0 Å². The Morgan fingerprint density at radius 3 is 2.08 bits per heavy atom. The minimum absolute atomic E-state index is 0. The van der Waals surface area contributed by atoms with Gasteiger partial charge in [-0.25, -0.2) is 8.42 Å². The van der Waals surface area contributed by atoms with Crippen LogP contribution in [0.25, 0.3) is 10.8 Å². The van der Waals surface area contributed by atoms with Gasteiger partial charge in [0.15, 0.2) is 0 Å². The molecule has 0 fully saturated rings. The van der Waals surface area contributed by atoms with Crippen LogP contribution in [0.4, 0.5) is 0 Å². The molecule has 26 heavy (non-hydrogen) atoms. The van der Waals surface area contributed by atoms with Crippen molar-refractivity contribution in [1.82, 2.24) is 0 Å². The van der Waals surface area contributed by atoms with E-state index >= 15 is 0 Å². The zero-order valence-electron chi connectivity index (χ0n) is 16.2. The molecule has 0 unspecified atom stereocenters. The summed E-state index contributed by atoms with van der Waals surface area (Å²) in [7, 11) is -4.40. The van der Waals surface area contributed by atoms with Crippen LogP contribution in [0.2, 0.25) is 0 Å². The summed E-state index contributed by atoms with van der Waals surface area (Å²) in [5.74, 6) is 0. The minimum Gasteiger partial charge on any atom is -0.744 e. The predicted molar refractivity (Wildman–Crippen MR) is 103 cm³/mol. The summed E-state index contributed by atoms with van der Waals surface area (Å²) in [6.07, 6.45) is 12.5. The Bertz CT molecular complexity index is 772. The van der Waals surface area contributed by atoms with Gasteiger partial charge in [-0.2, -0.15) is 0 Å². The van der Waals surface area contributed by atoms with Crippen molar-refractivity contribution in [3.63, 3.8) is 0 Å². The zero-order chi connectivity index (χ0) is 18.1. The summed E-state index contributed by atoms with van der Waals surface area (Å²) < 4.78 is 33.8. The number of fused-ring (bicyclic) bond motifs is 1. The predicted octanol–water partition coefficient (Wildman–Crippen LogP) is 2.82. The molecule has 0 amide bonds. The maximum absolute atomic E-state index is 11.3. The summed E-state index contributed by atoms with van der Waals surface area (Å²) in [6, 6.07) is 10.6. The number of unbranched alkanes of at least 4 members (excludes halogenated alkanes) is 8. The van der Waals surface area contributed by atoms with Crippen LogP contribution in [-0.2, 0) is 16.5 Å². The van der Waals surface area contributed by atoms with Crippen molar-refractivity contribution < 1.29 is 64.4 Å². The first-order chi connectivity index (χ1) is 12.0. The van der Waals surface area contributed by atoms with E-state index in [1.54, 1.807) is 6.07 Å². The fraction of sp³-hybridized carbons (Fsp3) is 0.524. The number of rotatable bonds is 11. The van der Waals surface area contributed by atoms with Crippen molar-refractivity contribution in [1.29, 1.82) is 0 Å². The molecule has 0 aliphatic carbocycles. The van der Waals surface area contributed by atoms with Crippen LogP contribution in [0.1, 0.15) is 70.3 Å². The van der Waals surface area contributed by atoms with Crippen molar-refractivity contribution in [2.24, 2.45) is 0 Å². The normalized spacial score (nSPS) is 11.5. The molecule has 0 saturated heterocycles. The van der Waals surface area contributed by atoms with Crippen molar-refractivity contribution in [2.75, 3.05) is 0 Å². The average Bonchev–Trinajstić information content (AvgIpc) is 2.59. The molecule has 2 aromatic rings. The Morgan fingerprint density at radius 2 is 1.46 bits per heavy atom. The second kappa shape index (κ2) is 12.7. The molecule has 0 bridgehead atoms.